The Labute approximate surface area is 152 Å². The Kier molecular flexibility index (Phi) is 6.48. The van der Waals surface area contributed by atoms with Gasteiger partial charge in [0.2, 0.25) is 15.9 Å². The number of ether oxygens (including phenoxy) is 1. The maximum atomic E-state index is 12.5. The number of rotatable bonds is 8. The molecule has 8 heteroatoms. The first-order valence-electron chi connectivity index (χ1n) is 7.96. The van der Waals surface area contributed by atoms with Crippen LogP contribution in [-0.2, 0) is 26.0 Å². The van der Waals surface area contributed by atoms with Crippen LogP contribution in [0.5, 0.6) is 0 Å². The number of benzene rings is 2. The van der Waals surface area contributed by atoms with Crippen molar-refractivity contribution in [1.82, 2.24) is 4.72 Å². The molecule has 0 aliphatic carbocycles. The number of primary amides is 1. The highest BCUT2D eigenvalue weighted by molar-refractivity contribution is 7.89. The molecule has 2 aromatic carbocycles. The Hall–Kier alpha value is -2.71. The fraction of sp³-hybridized carbons (Fsp3) is 0.222. The smallest absolute Gasteiger partial charge is 0.338 e. The molecule has 0 aliphatic rings. The van der Waals surface area contributed by atoms with Gasteiger partial charge in [-0.05, 0) is 43.2 Å². The van der Waals surface area contributed by atoms with Gasteiger partial charge in [0.25, 0.3) is 0 Å². The van der Waals surface area contributed by atoms with Crippen LogP contribution in [0.3, 0.4) is 0 Å². The van der Waals surface area contributed by atoms with Crippen LogP contribution >= 0.6 is 0 Å². The number of esters is 1. The lowest BCUT2D eigenvalue weighted by atomic mass is 10.1. The quantitative estimate of drug-likeness (QED) is 0.673. The zero-order chi connectivity index (χ0) is 19.2. The van der Waals surface area contributed by atoms with Crippen molar-refractivity contribution in [2.45, 2.75) is 24.3 Å². The molecule has 1 amide bonds. The van der Waals surface area contributed by atoms with Crippen molar-refractivity contribution in [3.8, 4) is 0 Å². The molecule has 0 aliphatic heterocycles. The SMILES string of the molecule is CCOC(=O)c1ccc(S(=O)(=O)N[C@H](Cc2ccccc2)C(N)=O)cc1. The topological polar surface area (TPSA) is 116 Å². The summed E-state index contributed by atoms with van der Waals surface area (Å²) in [5, 5.41) is 0. The van der Waals surface area contributed by atoms with Crippen LogP contribution in [0.25, 0.3) is 0 Å². The lowest BCUT2D eigenvalue weighted by Crippen LogP contribution is -2.45. The standard InChI is InChI=1S/C18H20N2O5S/c1-2-25-18(22)14-8-10-15(11-9-14)26(23,24)20-16(17(19)21)12-13-6-4-3-5-7-13/h3-11,16,20H,2,12H2,1H3,(H2,19,21)/t16-/m1/s1. The van der Waals surface area contributed by atoms with Crippen molar-refractivity contribution < 1.29 is 22.7 Å². The molecule has 0 saturated heterocycles. The number of sulfonamides is 1. The summed E-state index contributed by atoms with van der Waals surface area (Å²) < 4.78 is 32.2. The summed E-state index contributed by atoms with van der Waals surface area (Å²) in [7, 11) is -3.98. The maximum absolute atomic E-state index is 12.5. The molecule has 7 nitrogen and oxygen atoms in total. The Morgan fingerprint density at radius 1 is 1.08 bits per heavy atom. The highest BCUT2D eigenvalue weighted by atomic mass is 32.2. The van der Waals surface area contributed by atoms with Crippen molar-refractivity contribution >= 4 is 21.9 Å². The van der Waals surface area contributed by atoms with Crippen LogP contribution in [-0.4, -0.2) is 32.9 Å². The second kappa shape index (κ2) is 8.59. The van der Waals surface area contributed by atoms with Gasteiger partial charge in [-0.25, -0.2) is 13.2 Å². The van der Waals surface area contributed by atoms with E-state index in [0.717, 1.165) is 5.56 Å². The van der Waals surface area contributed by atoms with Crippen LogP contribution in [0.2, 0.25) is 0 Å². The molecule has 0 aromatic heterocycles. The summed E-state index contributed by atoms with van der Waals surface area (Å²) in [6, 6.07) is 13.1. The average molecular weight is 376 g/mol. The lowest BCUT2D eigenvalue weighted by molar-refractivity contribution is -0.119. The van der Waals surface area contributed by atoms with Crippen molar-refractivity contribution in [2.24, 2.45) is 5.73 Å². The number of nitrogens with one attached hydrogen (secondary N) is 1. The van der Waals surface area contributed by atoms with Crippen LogP contribution in [0.4, 0.5) is 0 Å². The number of nitrogens with two attached hydrogens (primary N) is 1. The third-order valence-electron chi connectivity index (χ3n) is 3.60. The third-order valence-corrected chi connectivity index (χ3v) is 5.09. The molecule has 2 aromatic rings. The van der Waals surface area contributed by atoms with Gasteiger partial charge >= 0.3 is 5.97 Å². The number of hydrogen-bond donors (Lipinski definition) is 2. The van der Waals surface area contributed by atoms with Gasteiger partial charge in [0.05, 0.1) is 17.1 Å². The van der Waals surface area contributed by atoms with E-state index in [1.807, 2.05) is 6.07 Å². The predicted molar refractivity (Wildman–Crippen MR) is 95.8 cm³/mol. The zero-order valence-electron chi connectivity index (χ0n) is 14.2. The van der Waals surface area contributed by atoms with E-state index < -0.39 is 27.9 Å². The third kappa shape index (κ3) is 5.14. The normalized spacial score (nSPS) is 12.3. The number of carbonyl (C=O) groups is 2. The summed E-state index contributed by atoms with van der Waals surface area (Å²) in [5.74, 6) is -1.32. The van der Waals surface area contributed by atoms with Gasteiger partial charge in [-0.15, -0.1) is 0 Å². The van der Waals surface area contributed by atoms with E-state index in [1.165, 1.54) is 24.3 Å². The van der Waals surface area contributed by atoms with Gasteiger partial charge in [0, 0.05) is 0 Å². The van der Waals surface area contributed by atoms with Crippen LogP contribution in [0.1, 0.15) is 22.8 Å². The molecule has 0 radical (unpaired) electrons. The first-order valence-corrected chi connectivity index (χ1v) is 9.44. The largest absolute Gasteiger partial charge is 0.462 e. The van der Waals surface area contributed by atoms with Crippen molar-refractivity contribution in [2.75, 3.05) is 6.61 Å². The van der Waals surface area contributed by atoms with E-state index in [4.69, 9.17) is 10.5 Å². The molecule has 0 spiro atoms. The van der Waals surface area contributed by atoms with E-state index >= 15 is 0 Å². The predicted octanol–water partition coefficient (Wildman–Crippen LogP) is 1.24. The van der Waals surface area contributed by atoms with Crippen LogP contribution in [0, 0.1) is 0 Å². The minimum atomic E-state index is -3.98. The van der Waals surface area contributed by atoms with Gasteiger partial charge in [0.1, 0.15) is 6.04 Å². The van der Waals surface area contributed by atoms with Gasteiger partial charge in [-0.1, -0.05) is 30.3 Å². The number of hydrogen-bond acceptors (Lipinski definition) is 5. The second-order valence-electron chi connectivity index (χ2n) is 5.51. The molecule has 3 N–H and O–H groups in total. The summed E-state index contributed by atoms with van der Waals surface area (Å²) in [6.07, 6.45) is 0.135. The Morgan fingerprint density at radius 3 is 2.23 bits per heavy atom. The molecule has 1 atom stereocenters. The van der Waals surface area contributed by atoms with E-state index in [1.54, 1.807) is 31.2 Å². The number of amides is 1. The van der Waals surface area contributed by atoms with Gasteiger partial charge in [0.15, 0.2) is 0 Å². The molecule has 26 heavy (non-hydrogen) atoms. The van der Waals surface area contributed by atoms with Gasteiger partial charge < -0.3 is 10.5 Å². The van der Waals surface area contributed by atoms with Gasteiger partial charge in [-0.2, -0.15) is 4.72 Å². The van der Waals surface area contributed by atoms with Crippen molar-refractivity contribution in [3.63, 3.8) is 0 Å². The molecule has 0 unspecified atom stereocenters. The summed E-state index contributed by atoms with van der Waals surface area (Å²) in [4.78, 5) is 23.2. The second-order valence-corrected chi connectivity index (χ2v) is 7.22. The fourth-order valence-corrected chi connectivity index (χ4v) is 3.49. The monoisotopic (exact) mass is 376 g/mol. The fourth-order valence-electron chi connectivity index (χ4n) is 2.29. The number of carbonyl (C=O) groups excluding carboxylic acids is 2. The van der Waals surface area contributed by atoms with E-state index in [0.29, 0.717) is 0 Å². The minimum absolute atomic E-state index is 0.0788. The van der Waals surface area contributed by atoms with Gasteiger partial charge in [-0.3, -0.25) is 4.79 Å². The molecule has 0 heterocycles. The molecular weight excluding hydrogens is 356 g/mol. The lowest BCUT2D eigenvalue weighted by Gasteiger charge is -2.16. The first kappa shape index (κ1) is 19.6. The zero-order valence-corrected chi connectivity index (χ0v) is 15.0. The molecule has 2 rings (SSSR count). The molecule has 0 bridgehead atoms. The molecular formula is C18H20N2O5S. The van der Waals surface area contributed by atoms with Crippen LogP contribution < -0.4 is 10.5 Å². The maximum Gasteiger partial charge on any atom is 0.338 e. The van der Waals surface area contributed by atoms with Crippen molar-refractivity contribution in [3.05, 3.63) is 65.7 Å². The Balaban J connectivity index is 2.17. The highest BCUT2D eigenvalue weighted by Crippen LogP contribution is 2.13. The Bertz CT molecular complexity index is 864. The first-order chi connectivity index (χ1) is 12.3. The van der Waals surface area contributed by atoms with Crippen LogP contribution in [0.15, 0.2) is 59.5 Å². The van der Waals surface area contributed by atoms with E-state index in [-0.39, 0.29) is 23.5 Å². The average Bonchev–Trinajstić information content (AvgIpc) is 2.62. The summed E-state index contributed by atoms with van der Waals surface area (Å²) >= 11 is 0. The summed E-state index contributed by atoms with van der Waals surface area (Å²) in [6.45, 7) is 1.90. The Morgan fingerprint density at radius 2 is 1.69 bits per heavy atom. The molecule has 138 valence electrons. The summed E-state index contributed by atoms with van der Waals surface area (Å²) in [5.41, 5.74) is 6.35. The van der Waals surface area contributed by atoms with Crippen molar-refractivity contribution in [1.29, 1.82) is 0 Å². The molecule has 0 fully saturated rings. The highest BCUT2D eigenvalue weighted by Gasteiger charge is 2.24. The van der Waals surface area contributed by atoms with E-state index in [9.17, 15) is 18.0 Å². The van der Waals surface area contributed by atoms with E-state index in [2.05, 4.69) is 4.72 Å². The minimum Gasteiger partial charge on any atom is -0.462 e. The molecule has 0 saturated carbocycles.